The van der Waals surface area contributed by atoms with E-state index in [2.05, 4.69) is 19.9 Å². The molecule has 21 heavy (non-hydrogen) atoms. The number of carbonyl (C=O) groups is 1. The summed E-state index contributed by atoms with van der Waals surface area (Å²) in [5.74, 6) is 1.15. The van der Waals surface area contributed by atoms with Gasteiger partial charge in [-0.15, -0.1) is 0 Å². The number of para-hydroxylation sites is 1. The Kier molecular flexibility index (Phi) is 2.47. The molecule has 0 atom stereocenters. The summed E-state index contributed by atoms with van der Waals surface area (Å²) in [7, 11) is 0. The van der Waals surface area contributed by atoms with Crippen molar-refractivity contribution in [1.29, 1.82) is 0 Å². The minimum atomic E-state index is 0.403. The van der Waals surface area contributed by atoms with Gasteiger partial charge in [0.25, 0.3) is 6.47 Å². The number of H-pyrrole nitrogens is 2. The quantitative estimate of drug-likeness (QED) is 0.564. The van der Waals surface area contributed by atoms with Crippen LogP contribution in [0, 0.1) is 0 Å². The Bertz CT molecular complexity index is 955. The molecule has 0 saturated carbocycles. The van der Waals surface area contributed by atoms with Crippen molar-refractivity contribution in [3.8, 4) is 17.1 Å². The highest BCUT2D eigenvalue weighted by atomic mass is 16.5. The lowest BCUT2D eigenvalue weighted by molar-refractivity contribution is -0.120. The van der Waals surface area contributed by atoms with E-state index < -0.39 is 0 Å². The lowest BCUT2D eigenvalue weighted by Gasteiger charge is -1.96. The maximum atomic E-state index is 10.5. The number of nitrogens with one attached hydrogen (secondary N) is 2. The zero-order chi connectivity index (χ0) is 14.2. The molecule has 2 heterocycles. The molecular weight excluding hydrogens is 268 g/mol. The van der Waals surface area contributed by atoms with Crippen molar-refractivity contribution < 1.29 is 9.53 Å². The molecule has 6 heteroatoms. The fourth-order valence-electron chi connectivity index (χ4n) is 2.37. The Labute approximate surface area is 118 Å². The molecule has 4 rings (SSSR count). The number of aromatic amines is 2. The van der Waals surface area contributed by atoms with Crippen molar-refractivity contribution in [2.45, 2.75) is 0 Å². The number of nitrogens with zero attached hydrogens (tertiary/aromatic N) is 2. The van der Waals surface area contributed by atoms with Gasteiger partial charge in [-0.2, -0.15) is 0 Å². The summed E-state index contributed by atoms with van der Waals surface area (Å²) in [6.07, 6.45) is 1.66. The van der Waals surface area contributed by atoms with Crippen molar-refractivity contribution >= 4 is 28.5 Å². The Morgan fingerprint density at radius 3 is 3.00 bits per heavy atom. The van der Waals surface area contributed by atoms with Crippen LogP contribution in [0.1, 0.15) is 0 Å². The van der Waals surface area contributed by atoms with Crippen LogP contribution < -0.4 is 4.74 Å². The van der Waals surface area contributed by atoms with Crippen molar-refractivity contribution in [3.63, 3.8) is 0 Å². The number of hydrogen-bond donors (Lipinski definition) is 2. The first-order valence-electron chi connectivity index (χ1n) is 6.38. The van der Waals surface area contributed by atoms with Crippen LogP contribution in [0.2, 0.25) is 0 Å². The molecule has 0 bridgehead atoms. The Balaban J connectivity index is 1.89. The van der Waals surface area contributed by atoms with Gasteiger partial charge in [0.2, 0.25) is 0 Å². The largest absolute Gasteiger partial charge is 0.426 e. The SMILES string of the molecule is O=COc1cccc2[nH]c(-c3ccc4nc[nH]c4c3)nc12. The number of ether oxygens (including phenoxy) is 1. The van der Waals surface area contributed by atoms with E-state index in [4.69, 9.17) is 4.74 Å². The second-order valence-electron chi connectivity index (χ2n) is 4.59. The van der Waals surface area contributed by atoms with Crippen LogP contribution in [-0.4, -0.2) is 26.4 Å². The van der Waals surface area contributed by atoms with Gasteiger partial charge in [0, 0.05) is 5.56 Å². The number of rotatable bonds is 3. The molecule has 0 amide bonds. The summed E-state index contributed by atoms with van der Waals surface area (Å²) in [6, 6.07) is 11.2. The summed E-state index contributed by atoms with van der Waals surface area (Å²) in [5, 5.41) is 0. The van der Waals surface area contributed by atoms with E-state index in [1.165, 1.54) is 0 Å². The van der Waals surface area contributed by atoms with Crippen molar-refractivity contribution in [2.24, 2.45) is 0 Å². The smallest absolute Gasteiger partial charge is 0.298 e. The number of benzene rings is 2. The van der Waals surface area contributed by atoms with Gasteiger partial charge in [-0.05, 0) is 30.3 Å². The predicted octanol–water partition coefficient (Wildman–Crippen LogP) is 2.64. The third-order valence-electron chi connectivity index (χ3n) is 3.34. The first kappa shape index (κ1) is 11.7. The molecule has 2 aromatic carbocycles. The third kappa shape index (κ3) is 1.85. The van der Waals surface area contributed by atoms with Crippen LogP contribution in [0.4, 0.5) is 0 Å². The van der Waals surface area contributed by atoms with Gasteiger partial charge in [0.1, 0.15) is 11.3 Å². The number of aromatic nitrogens is 4. The molecule has 0 unspecified atom stereocenters. The van der Waals surface area contributed by atoms with Crippen molar-refractivity contribution in [3.05, 3.63) is 42.7 Å². The minimum Gasteiger partial charge on any atom is -0.426 e. The van der Waals surface area contributed by atoms with Gasteiger partial charge in [0.15, 0.2) is 5.75 Å². The monoisotopic (exact) mass is 278 g/mol. The predicted molar refractivity (Wildman–Crippen MR) is 77.9 cm³/mol. The molecule has 0 aliphatic heterocycles. The van der Waals surface area contributed by atoms with Gasteiger partial charge in [-0.25, -0.2) is 9.97 Å². The van der Waals surface area contributed by atoms with E-state index in [1.807, 2.05) is 24.3 Å². The second kappa shape index (κ2) is 4.45. The minimum absolute atomic E-state index is 0.403. The van der Waals surface area contributed by atoms with Crippen LogP contribution in [0.15, 0.2) is 42.7 Å². The highest BCUT2D eigenvalue weighted by Crippen LogP contribution is 2.28. The van der Waals surface area contributed by atoms with E-state index in [9.17, 15) is 4.79 Å². The first-order valence-corrected chi connectivity index (χ1v) is 6.38. The third-order valence-corrected chi connectivity index (χ3v) is 3.34. The van der Waals surface area contributed by atoms with Gasteiger partial charge >= 0.3 is 0 Å². The van der Waals surface area contributed by atoms with E-state index in [0.717, 1.165) is 22.1 Å². The molecule has 102 valence electrons. The fourth-order valence-corrected chi connectivity index (χ4v) is 2.37. The zero-order valence-electron chi connectivity index (χ0n) is 10.8. The van der Waals surface area contributed by atoms with Gasteiger partial charge in [-0.1, -0.05) is 6.07 Å². The number of fused-ring (bicyclic) bond motifs is 2. The molecule has 4 aromatic rings. The average Bonchev–Trinajstić information content (AvgIpc) is 3.13. The molecule has 2 N–H and O–H groups in total. The standard InChI is InChI=1S/C15H10N4O2/c20-8-21-13-3-1-2-11-14(13)19-15(18-11)9-4-5-10-12(6-9)17-7-16-10/h1-8H,(H,16,17)(H,18,19). The highest BCUT2D eigenvalue weighted by Gasteiger charge is 2.10. The maximum absolute atomic E-state index is 10.5. The molecule has 6 nitrogen and oxygen atoms in total. The molecule has 0 aliphatic carbocycles. The second-order valence-corrected chi connectivity index (χ2v) is 4.59. The number of carbonyl (C=O) groups excluding carboxylic acids is 1. The van der Waals surface area contributed by atoms with Gasteiger partial charge < -0.3 is 14.7 Å². The normalized spacial score (nSPS) is 11.0. The highest BCUT2D eigenvalue weighted by molar-refractivity contribution is 5.87. The van der Waals surface area contributed by atoms with Gasteiger partial charge in [-0.3, -0.25) is 4.79 Å². The van der Waals surface area contributed by atoms with Crippen molar-refractivity contribution in [1.82, 2.24) is 19.9 Å². The summed E-state index contributed by atoms with van der Waals surface area (Å²) in [5.41, 5.74) is 4.22. The Hall–Kier alpha value is -3.15. The van der Waals surface area contributed by atoms with Crippen LogP contribution in [0.5, 0.6) is 5.75 Å². The van der Waals surface area contributed by atoms with Crippen LogP contribution in [-0.2, 0) is 4.79 Å². The average molecular weight is 278 g/mol. The molecule has 0 fully saturated rings. The lowest BCUT2D eigenvalue weighted by Crippen LogP contribution is -1.89. The van der Waals surface area contributed by atoms with Crippen molar-refractivity contribution in [2.75, 3.05) is 0 Å². The zero-order valence-corrected chi connectivity index (χ0v) is 10.8. The summed E-state index contributed by atoms with van der Waals surface area (Å²) < 4.78 is 4.95. The van der Waals surface area contributed by atoms with E-state index in [1.54, 1.807) is 18.5 Å². The Morgan fingerprint density at radius 2 is 2.10 bits per heavy atom. The summed E-state index contributed by atoms with van der Waals surface area (Å²) in [6.45, 7) is 0.403. The first-order chi connectivity index (χ1) is 10.3. The number of imidazole rings is 2. The Morgan fingerprint density at radius 1 is 1.14 bits per heavy atom. The maximum Gasteiger partial charge on any atom is 0.298 e. The molecule has 0 radical (unpaired) electrons. The topological polar surface area (TPSA) is 83.7 Å². The molecule has 0 spiro atoms. The van der Waals surface area contributed by atoms with E-state index >= 15 is 0 Å². The summed E-state index contributed by atoms with van der Waals surface area (Å²) in [4.78, 5) is 25.5. The van der Waals surface area contributed by atoms with Crippen LogP contribution >= 0.6 is 0 Å². The van der Waals surface area contributed by atoms with Crippen LogP contribution in [0.25, 0.3) is 33.5 Å². The molecule has 2 aromatic heterocycles. The fraction of sp³-hybridized carbons (Fsp3) is 0. The van der Waals surface area contributed by atoms with Gasteiger partial charge in [0.05, 0.1) is 22.9 Å². The molecule has 0 saturated heterocycles. The lowest BCUT2D eigenvalue weighted by atomic mass is 10.2. The molecule has 0 aliphatic rings. The summed E-state index contributed by atoms with van der Waals surface area (Å²) >= 11 is 0. The van der Waals surface area contributed by atoms with E-state index in [-0.39, 0.29) is 0 Å². The number of hydrogen-bond acceptors (Lipinski definition) is 4. The van der Waals surface area contributed by atoms with Crippen LogP contribution in [0.3, 0.4) is 0 Å². The molecular formula is C15H10N4O2. The van der Waals surface area contributed by atoms with E-state index in [0.29, 0.717) is 23.6 Å².